The molecule has 0 fully saturated rings. The fourth-order valence-corrected chi connectivity index (χ4v) is 1.44. The Hall–Kier alpha value is -1.55. The molecule has 3 N–H and O–H groups in total. The number of likely N-dealkylation sites (N-methyl/N-ethyl adjacent to an activating group) is 1. The van der Waals surface area contributed by atoms with Crippen LogP contribution in [-0.2, 0) is 4.79 Å². The molecule has 88 valence electrons. The van der Waals surface area contributed by atoms with Crippen LogP contribution in [0.2, 0.25) is 0 Å². The molecule has 4 nitrogen and oxygen atoms in total. The maximum atomic E-state index is 11.0. The Labute approximate surface area is 95.8 Å². The summed E-state index contributed by atoms with van der Waals surface area (Å²) in [5, 5.41) is 2.80. The summed E-state index contributed by atoms with van der Waals surface area (Å²) in [6.45, 7) is 4.24. The number of hydrogen-bond acceptors (Lipinski definition) is 3. The Balaban J connectivity index is 2.63. The number of hydrogen-bond donors (Lipinski definition) is 2. The number of rotatable bonds is 5. The van der Waals surface area contributed by atoms with E-state index in [0.717, 1.165) is 11.3 Å². The summed E-state index contributed by atoms with van der Waals surface area (Å²) in [7, 11) is 1.68. The van der Waals surface area contributed by atoms with Crippen molar-refractivity contribution in [2.75, 3.05) is 13.7 Å². The molecule has 0 spiro atoms. The molecule has 4 heteroatoms. The van der Waals surface area contributed by atoms with Gasteiger partial charge in [0.2, 0.25) is 5.91 Å². The van der Waals surface area contributed by atoms with E-state index < -0.39 is 11.9 Å². The molecule has 0 aromatic heterocycles. The molecule has 0 heterocycles. The Bertz CT molecular complexity index is 377. The van der Waals surface area contributed by atoms with Gasteiger partial charge in [0.1, 0.15) is 18.4 Å². The zero-order valence-electron chi connectivity index (χ0n) is 9.91. The minimum atomic E-state index is -0.458. The first-order chi connectivity index (χ1) is 7.54. The van der Waals surface area contributed by atoms with Gasteiger partial charge in [0, 0.05) is 0 Å². The van der Waals surface area contributed by atoms with E-state index in [9.17, 15) is 4.79 Å². The first-order valence-corrected chi connectivity index (χ1v) is 5.21. The van der Waals surface area contributed by atoms with Gasteiger partial charge in [-0.1, -0.05) is 17.7 Å². The summed E-state index contributed by atoms with van der Waals surface area (Å²) < 4.78 is 5.54. The van der Waals surface area contributed by atoms with E-state index in [1.165, 1.54) is 5.56 Å². The van der Waals surface area contributed by atoms with E-state index in [1.807, 2.05) is 32.0 Å². The molecule has 0 aliphatic heterocycles. The van der Waals surface area contributed by atoms with Gasteiger partial charge in [-0.05, 0) is 32.5 Å². The number of carbonyl (C=O) groups excluding carboxylic acids is 1. The molecule has 1 aromatic carbocycles. The summed E-state index contributed by atoms with van der Waals surface area (Å²) in [5.74, 6) is 0.374. The predicted octanol–water partition coefficient (Wildman–Crippen LogP) is 0.756. The number of benzene rings is 1. The summed E-state index contributed by atoms with van der Waals surface area (Å²) >= 11 is 0. The molecule has 1 amide bonds. The molecule has 1 atom stereocenters. The summed E-state index contributed by atoms with van der Waals surface area (Å²) in [6.07, 6.45) is 0. The molecule has 0 bridgehead atoms. The summed E-state index contributed by atoms with van der Waals surface area (Å²) in [4.78, 5) is 11.0. The van der Waals surface area contributed by atoms with Crippen molar-refractivity contribution in [1.82, 2.24) is 5.32 Å². The Morgan fingerprint density at radius 1 is 1.50 bits per heavy atom. The molecule has 0 saturated carbocycles. The number of ether oxygens (including phenoxy) is 1. The second kappa shape index (κ2) is 5.51. The van der Waals surface area contributed by atoms with Gasteiger partial charge in [-0.2, -0.15) is 0 Å². The molecule has 0 saturated heterocycles. The SMILES string of the molecule is CNC(COc1ccc(C)cc1C)C(N)=O. The van der Waals surface area contributed by atoms with Gasteiger partial charge in [0.15, 0.2) is 0 Å². The van der Waals surface area contributed by atoms with Gasteiger partial charge < -0.3 is 15.8 Å². The number of carbonyl (C=O) groups is 1. The van der Waals surface area contributed by atoms with E-state index >= 15 is 0 Å². The molecule has 1 unspecified atom stereocenters. The van der Waals surface area contributed by atoms with Crippen LogP contribution < -0.4 is 15.8 Å². The number of nitrogens with one attached hydrogen (secondary N) is 1. The van der Waals surface area contributed by atoms with E-state index in [4.69, 9.17) is 10.5 Å². The third-order valence-corrected chi connectivity index (χ3v) is 2.43. The maximum Gasteiger partial charge on any atom is 0.238 e. The zero-order chi connectivity index (χ0) is 12.1. The topological polar surface area (TPSA) is 64.3 Å². The van der Waals surface area contributed by atoms with Gasteiger partial charge in [-0.15, -0.1) is 0 Å². The lowest BCUT2D eigenvalue weighted by Crippen LogP contribution is -2.43. The highest BCUT2D eigenvalue weighted by molar-refractivity contribution is 5.79. The standard InChI is InChI=1S/C12H18N2O2/c1-8-4-5-11(9(2)6-8)16-7-10(14-3)12(13)15/h4-6,10,14H,7H2,1-3H3,(H2,13,15). The fraction of sp³-hybridized carbons (Fsp3) is 0.417. The molecule has 1 aromatic rings. The average molecular weight is 222 g/mol. The van der Waals surface area contributed by atoms with Crippen molar-refractivity contribution in [3.05, 3.63) is 29.3 Å². The minimum Gasteiger partial charge on any atom is -0.491 e. The number of primary amides is 1. The Kier molecular flexibility index (Phi) is 4.31. The molecule has 0 aliphatic carbocycles. The highest BCUT2D eigenvalue weighted by atomic mass is 16.5. The van der Waals surface area contributed by atoms with E-state index in [-0.39, 0.29) is 6.61 Å². The molecule has 16 heavy (non-hydrogen) atoms. The van der Waals surface area contributed by atoms with Crippen molar-refractivity contribution in [3.63, 3.8) is 0 Å². The predicted molar refractivity (Wildman–Crippen MR) is 63.5 cm³/mol. The van der Waals surface area contributed by atoms with Crippen molar-refractivity contribution in [2.45, 2.75) is 19.9 Å². The first kappa shape index (κ1) is 12.5. The quantitative estimate of drug-likeness (QED) is 0.773. The van der Waals surface area contributed by atoms with Gasteiger partial charge in [-0.3, -0.25) is 4.79 Å². The second-order valence-electron chi connectivity index (χ2n) is 3.82. The van der Waals surface area contributed by atoms with Crippen LogP contribution in [0.25, 0.3) is 0 Å². The first-order valence-electron chi connectivity index (χ1n) is 5.21. The van der Waals surface area contributed by atoms with Crippen molar-refractivity contribution in [1.29, 1.82) is 0 Å². The number of amides is 1. The van der Waals surface area contributed by atoms with Crippen molar-refractivity contribution < 1.29 is 9.53 Å². The third kappa shape index (κ3) is 3.24. The fourth-order valence-electron chi connectivity index (χ4n) is 1.44. The van der Waals surface area contributed by atoms with Gasteiger partial charge in [-0.25, -0.2) is 0 Å². The second-order valence-corrected chi connectivity index (χ2v) is 3.82. The normalized spacial score (nSPS) is 12.2. The van der Waals surface area contributed by atoms with Crippen molar-refractivity contribution in [2.24, 2.45) is 5.73 Å². The van der Waals surface area contributed by atoms with Crippen molar-refractivity contribution >= 4 is 5.91 Å². The molecular formula is C12H18N2O2. The van der Waals surface area contributed by atoms with Crippen LogP contribution in [0.4, 0.5) is 0 Å². The van der Waals surface area contributed by atoms with E-state index in [2.05, 4.69) is 5.32 Å². The highest BCUT2D eigenvalue weighted by Crippen LogP contribution is 2.18. The third-order valence-electron chi connectivity index (χ3n) is 2.43. The van der Waals surface area contributed by atoms with Crippen molar-refractivity contribution in [3.8, 4) is 5.75 Å². The van der Waals surface area contributed by atoms with E-state index in [1.54, 1.807) is 7.05 Å². The summed E-state index contributed by atoms with van der Waals surface area (Å²) in [5.41, 5.74) is 7.43. The average Bonchev–Trinajstić information content (AvgIpc) is 2.21. The van der Waals surface area contributed by atoms with Gasteiger partial charge in [0.05, 0.1) is 0 Å². The van der Waals surface area contributed by atoms with Crippen LogP contribution in [0.3, 0.4) is 0 Å². The lowest BCUT2D eigenvalue weighted by molar-refractivity contribution is -0.120. The monoisotopic (exact) mass is 222 g/mol. The van der Waals surface area contributed by atoms with Gasteiger partial charge in [0.25, 0.3) is 0 Å². The van der Waals surface area contributed by atoms with Crippen LogP contribution in [0.5, 0.6) is 5.75 Å². The lowest BCUT2D eigenvalue weighted by atomic mass is 10.1. The number of nitrogens with two attached hydrogens (primary N) is 1. The van der Waals surface area contributed by atoms with Crippen LogP contribution in [-0.4, -0.2) is 25.6 Å². The Morgan fingerprint density at radius 2 is 2.19 bits per heavy atom. The number of aryl methyl sites for hydroxylation is 2. The highest BCUT2D eigenvalue weighted by Gasteiger charge is 2.13. The minimum absolute atomic E-state index is 0.246. The maximum absolute atomic E-state index is 11.0. The summed E-state index contributed by atoms with van der Waals surface area (Å²) in [6, 6.07) is 5.45. The van der Waals surface area contributed by atoms with Gasteiger partial charge >= 0.3 is 0 Å². The van der Waals surface area contributed by atoms with Crippen LogP contribution in [0, 0.1) is 13.8 Å². The van der Waals surface area contributed by atoms with E-state index in [0.29, 0.717) is 0 Å². The van der Waals surface area contributed by atoms with Crippen LogP contribution >= 0.6 is 0 Å². The zero-order valence-corrected chi connectivity index (χ0v) is 9.91. The molecular weight excluding hydrogens is 204 g/mol. The van der Waals surface area contributed by atoms with Crippen LogP contribution in [0.15, 0.2) is 18.2 Å². The largest absolute Gasteiger partial charge is 0.491 e. The molecule has 0 radical (unpaired) electrons. The van der Waals surface area contributed by atoms with Crippen LogP contribution in [0.1, 0.15) is 11.1 Å². The lowest BCUT2D eigenvalue weighted by Gasteiger charge is -2.15. The Morgan fingerprint density at radius 3 is 2.69 bits per heavy atom. The molecule has 1 rings (SSSR count). The smallest absolute Gasteiger partial charge is 0.238 e. The molecule has 0 aliphatic rings.